The molecule has 0 spiro atoms. The van der Waals surface area contributed by atoms with Crippen LogP contribution in [0.5, 0.6) is 11.5 Å². The summed E-state index contributed by atoms with van der Waals surface area (Å²) < 4.78 is 10.9. The highest BCUT2D eigenvalue weighted by atomic mass is 35.5. The van der Waals surface area contributed by atoms with Crippen molar-refractivity contribution in [2.75, 3.05) is 7.11 Å². The molecule has 2 rings (SSSR count). The van der Waals surface area contributed by atoms with Gasteiger partial charge in [0.25, 0.3) is 0 Å². The average Bonchev–Trinajstić information content (AvgIpc) is 2.48. The first-order chi connectivity index (χ1) is 10.0. The second-order valence-electron chi connectivity index (χ2n) is 4.65. The number of nitrogens with one attached hydrogen (secondary N) is 1. The molecule has 4 nitrogen and oxygen atoms in total. The summed E-state index contributed by atoms with van der Waals surface area (Å²) >= 11 is 5.98. The van der Waals surface area contributed by atoms with Gasteiger partial charge in [-0.1, -0.05) is 17.7 Å². The molecule has 0 bridgehead atoms. The van der Waals surface area contributed by atoms with Crippen molar-refractivity contribution in [1.82, 2.24) is 0 Å². The number of ether oxygens (including phenoxy) is 2. The summed E-state index contributed by atoms with van der Waals surface area (Å²) in [5.74, 6) is 1.29. The van der Waals surface area contributed by atoms with Crippen molar-refractivity contribution in [3.63, 3.8) is 0 Å². The molecule has 21 heavy (non-hydrogen) atoms. The van der Waals surface area contributed by atoms with E-state index in [1.807, 2.05) is 25.1 Å². The highest BCUT2D eigenvalue weighted by Gasteiger charge is 2.08. The summed E-state index contributed by atoms with van der Waals surface area (Å²) in [6.07, 6.45) is 0. The number of hydrogen-bond acceptors (Lipinski definition) is 3. The number of methoxy groups -OCH3 is 1. The van der Waals surface area contributed by atoms with Crippen LogP contribution in [0.25, 0.3) is 0 Å². The Hall–Kier alpha value is -2.20. The molecule has 2 aromatic carbocycles. The Balaban J connectivity index is 2.14. The zero-order chi connectivity index (χ0) is 15.4. The van der Waals surface area contributed by atoms with Gasteiger partial charge in [0.05, 0.1) is 12.7 Å². The molecule has 0 aliphatic carbocycles. The summed E-state index contributed by atoms with van der Waals surface area (Å²) in [6, 6.07) is 11.0. The lowest BCUT2D eigenvalue weighted by molar-refractivity contribution is 0.305. The van der Waals surface area contributed by atoms with Gasteiger partial charge in [-0.15, -0.1) is 0 Å². The van der Waals surface area contributed by atoms with Crippen LogP contribution in [0.1, 0.15) is 16.7 Å². The Morgan fingerprint density at radius 2 is 2.00 bits per heavy atom. The molecule has 0 aliphatic heterocycles. The number of nitrogens with two attached hydrogens (primary N) is 1. The first kappa shape index (κ1) is 15.2. The van der Waals surface area contributed by atoms with Crippen LogP contribution in [-0.4, -0.2) is 12.9 Å². The quantitative estimate of drug-likeness (QED) is 0.656. The largest absolute Gasteiger partial charge is 0.496 e. The molecule has 0 aromatic heterocycles. The molecule has 0 unspecified atom stereocenters. The highest BCUT2D eigenvalue weighted by Crippen LogP contribution is 2.23. The number of aryl methyl sites for hydroxylation is 1. The maximum Gasteiger partial charge on any atom is 0.129 e. The molecular formula is C16H17ClN2O2. The van der Waals surface area contributed by atoms with Gasteiger partial charge < -0.3 is 15.2 Å². The van der Waals surface area contributed by atoms with Crippen LogP contribution >= 0.6 is 11.6 Å². The van der Waals surface area contributed by atoms with Crippen molar-refractivity contribution < 1.29 is 9.47 Å². The minimum Gasteiger partial charge on any atom is -0.496 e. The summed E-state index contributed by atoms with van der Waals surface area (Å²) in [6.45, 7) is 2.31. The summed E-state index contributed by atoms with van der Waals surface area (Å²) in [4.78, 5) is 0. The molecule has 3 N–H and O–H groups in total. The van der Waals surface area contributed by atoms with Crippen LogP contribution in [0.3, 0.4) is 0 Å². The molecule has 0 amide bonds. The summed E-state index contributed by atoms with van der Waals surface area (Å²) in [7, 11) is 1.55. The topological polar surface area (TPSA) is 68.3 Å². The third-order valence-electron chi connectivity index (χ3n) is 3.09. The van der Waals surface area contributed by atoms with Gasteiger partial charge >= 0.3 is 0 Å². The van der Waals surface area contributed by atoms with Gasteiger partial charge in [-0.05, 0) is 48.4 Å². The van der Waals surface area contributed by atoms with Crippen molar-refractivity contribution in [2.45, 2.75) is 13.5 Å². The molecule has 5 heteroatoms. The second kappa shape index (κ2) is 6.50. The van der Waals surface area contributed by atoms with E-state index in [1.54, 1.807) is 25.3 Å². The molecule has 0 heterocycles. The lowest BCUT2D eigenvalue weighted by Crippen LogP contribution is -2.13. The number of hydrogen-bond donors (Lipinski definition) is 2. The van der Waals surface area contributed by atoms with Gasteiger partial charge in [-0.3, -0.25) is 5.41 Å². The highest BCUT2D eigenvalue weighted by molar-refractivity contribution is 6.31. The second-order valence-corrected chi connectivity index (χ2v) is 5.06. The number of nitrogen functional groups attached to an aromatic ring is 1. The standard InChI is InChI=1S/C16H17ClN2O2/c1-10-7-12(4-5-14(10)17)21-9-11-3-6-15(20-2)13(8-11)16(18)19/h3-8H,9H2,1-2H3,(H3,18,19). The van der Waals surface area contributed by atoms with Gasteiger partial charge in [-0.25, -0.2) is 0 Å². The molecule has 0 radical (unpaired) electrons. The normalized spacial score (nSPS) is 10.2. The fourth-order valence-electron chi connectivity index (χ4n) is 1.93. The Bertz CT molecular complexity index is 671. The van der Waals surface area contributed by atoms with E-state index in [1.165, 1.54) is 0 Å². The molecule has 0 atom stereocenters. The zero-order valence-electron chi connectivity index (χ0n) is 11.9. The number of benzene rings is 2. The average molecular weight is 305 g/mol. The predicted molar refractivity (Wildman–Crippen MR) is 84.5 cm³/mol. The van der Waals surface area contributed by atoms with Crippen LogP contribution in [-0.2, 0) is 6.61 Å². The van der Waals surface area contributed by atoms with Gasteiger partial charge in [0, 0.05) is 5.02 Å². The summed E-state index contributed by atoms with van der Waals surface area (Å²) in [5.41, 5.74) is 7.99. The van der Waals surface area contributed by atoms with E-state index in [0.717, 1.165) is 16.9 Å². The van der Waals surface area contributed by atoms with E-state index in [4.69, 9.17) is 32.2 Å². The van der Waals surface area contributed by atoms with Gasteiger partial charge in [-0.2, -0.15) is 0 Å². The van der Waals surface area contributed by atoms with Crippen molar-refractivity contribution in [3.8, 4) is 11.5 Å². The third-order valence-corrected chi connectivity index (χ3v) is 3.51. The Labute approximate surface area is 129 Å². The van der Waals surface area contributed by atoms with Crippen LogP contribution in [0.2, 0.25) is 5.02 Å². The van der Waals surface area contributed by atoms with E-state index in [9.17, 15) is 0 Å². The SMILES string of the molecule is COc1ccc(COc2ccc(Cl)c(C)c2)cc1C(=N)N. The number of rotatable bonds is 5. The fraction of sp³-hybridized carbons (Fsp3) is 0.188. The Kier molecular flexibility index (Phi) is 4.70. The van der Waals surface area contributed by atoms with Gasteiger partial charge in [0.15, 0.2) is 0 Å². The molecule has 2 aromatic rings. The zero-order valence-corrected chi connectivity index (χ0v) is 12.7. The fourth-order valence-corrected chi connectivity index (χ4v) is 2.05. The van der Waals surface area contributed by atoms with Crippen molar-refractivity contribution in [2.24, 2.45) is 5.73 Å². The predicted octanol–water partition coefficient (Wildman–Crippen LogP) is 3.52. The van der Waals surface area contributed by atoms with E-state index >= 15 is 0 Å². The Morgan fingerprint density at radius 3 is 2.62 bits per heavy atom. The third kappa shape index (κ3) is 3.67. The van der Waals surface area contributed by atoms with Gasteiger partial charge in [0.2, 0.25) is 0 Å². The monoisotopic (exact) mass is 304 g/mol. The van der Waals surface area contributed by atoms with Crippen LogP contribution in [0.4, 0.5) is 0 Å². The maximum absolute atomic E-state index is 7.57. The number of amidine groups is 1. The minimum absolute atomic E-state index is 0.0314. The van der Waals surface area contributed by atoms with E-state index < -0.39 is 0 Å². The molecular weight excluding hydrogens is 288 g/mol. The van der Waals surface area contributed by atoms with E-state index in [-0.39, 0.29) is 5.84 Å². The van der Waals surface area contributed by atoms with Crippen molar-refractivity contribution in [3.05, 3.63) is 58.1 Å². The van der Waals surface area contributed by atoms with Crippen LogP contribution < -0.4 is 15.2 Å². The lowest BCUT2D eigenvalue weighted by Gasteiger charge is -2.11. The Morgan fingerprint density at radius 1 is 1.24 bits per heavy atom. The van der Waals surface area contributed by atoms with Crippen molar-refractivity contribution >= 4 is 17.4 Å². The van der Waals surface area contributed by atoms with Crippen molar-refractivity contribution in [1.29, 1.82) is 5.41 Å². The smallest absolute Gasteiger partial charge is 0.129 e. The van der Waals surface area contributed by atoms with Gasteiger partial charge in [0.1, 0.15) is 23.9 Å². The first-order valence-electron chi connectivity index (χ1n) is 6.41. The lowest BCUT2D eigenvalue weighted by atomic mass is 10.1. The molecule has 0 aliphatic rings. The molecule has 110 valence electrons. The number of halogens is 1. The molecule has 0 fully saturated rings. The summed E-state index contributed by atoms with van der Waals surface area (Å²) in [5, 5.41) is 8.28. The van der Waals surface area contributed by atoms with E-state index in [2.05, 4.69) is 0 Å². The van der Waals surface area contributed by atoms with E-state index in [0.29, 0.717) is 22.9 Å². The van der Waals surface area contributed by atoms with Crippen LogP contribution in [0.15, 0.2) is 36.4 Å². The maximum atomic E-state index is 7.57. The minimum atomic E-state index is -0.0314. The molecule has 0 saturated carbocycles. The molecule has 0 saturated heterocycles. The van der Waals surface area contributed by atoms with Crippen LogP contribution in [0, 0.1) is 12.3 Å². The first-order valence-corrected chi connectivity index (χ1v) is 6.79.